The lowest BCUT2D eigenvalue weighted by Crippen LogP contribution is -2.41. The molecule has 1 aromatic heterocycles. The third kappa shape index (κ3) is 7.34. The maximum absolute atomic E-state index is 13.3. The van der Waals surface area contributed by atoms with Crippen molar-refractivity contribution in [1.82, 2.24) is 5.32 Å². The molecule has 8 heteroatoms. The second-order valence-electron chi connectivity index (χ2n) is 9.33. The number of furan rings is 1. The van der Waals surface area contributed by atoms with E-state index < -0.39 is 17.9 Å². The van der Waals surface area contributed by atoms with Crippen LogP contribution in [0.5, 0.6) is 5.75 Å². The normalized spacial score (nSPS) is 11.7. The minimum atomic E-state index is -1.04. The van der Waals surface area contributed by atoms with Crippen LogP contribution in [0.15, 0.2) is 83.3 Å². The highest BCUT2D eigenvalue weighted by molar-refractivity contribution is 7.98. The van der Waals surface area contributed by atoms with E-state index in [2.05, 4.69) is 5.32 Å². The number of carboxylic acids is 1. The molecule has 0 unspecified atom stereocenters. The topological polar surface area (TPSA) is 98.0 Å². The van der Waals surface area contributed by atoms with E-state index in [1.165, 1.54) is 0 Å². The summed E-state index contributed by atoms with van der Waals surface area (Å²) in [6.45, 7) is 2.57. The SMILES string of the molecule is COc1cccc(-c2ccc(COCc3ccc(C(=O)N[C@@H](CCSC)C(=O)O)c(-c4ccccc4C)c3)o2)c1. The van der Waals surface area contributed by atoms with Crippen LogP contribution in [0, 0.1) is 6.92 Å². The van der Waals surface area contributed by atoms with Crippen molar-refractivity contribution in [2.75, 3.05) is 19.1 Å². The van der Waals surface area contributed by atoms with Crippen LogP contribution in [-0.4, -0.2) is 42.1 Å². The molecule has 0 saturated heterocycles. The zero-order chi connectivity index (χ0) is 28.5. The fraction of sp³-hybridized carbons (Fsp3) is 0.250. The highest BCUT2D eigenvalue weighted by atomic mass is 32.2. The van der Waals surface area contributed by atoms with E-state index >= 15 is 0 Å². The Morgan fingerprint density at radius 3 is 2.55 bits per heavy atom. The lowest BCUT2D eigenvalue weighted by molar-refractivity contribution is -0.139. The van der Waals surface area contributed by atoms with Crippen LogP contribution in [0.25, 0.3) is 22.5 Å². The second-order valence-corrected chi connectivity index (χ2v) is 10.3. The Kier molecular flexibility index (Phi) is 10.0. The van der Waals surface area contributed by atoms with Crippen molar-refractivity contribution < 1.29 is 28.6 Å². The van der Waals surface area contributed by atoms with Crippen molar-refractivity contribution >= 4 is 23.6 Å². The Morgan fingerprint density at radius 2 is 1.80 bits per heavy atom. The average molecular weight is 560 g/mol. The van der Waals surface area contributed by atoms with Crippen LogP contribution in [0.2, 0.25) is 0 Å². The molecule has 0 aliphatic heterocycles. The fourth-order valence-electron chi connectivity index (χ4n) is 4.36. The lowest BCUT2D eigenvalue weighted by atomic mass is 9.93. The molecule has 1 heterocycles. The lowest BCUT2D eigenvalue weighted by Gasteiger charge is -2.17. The number of amides is 1. The Hall–Kier alpha value is -4.01. The van der Waals surface area contributed by atoms with Gasteiger partial charge >= 0.3 is 5.97 Å². The van der Waals surface area contributed by atoms with Crippen molar-refractivity contribution in [2.24, 2.45) is 0 Å². The molecule has 0 saturated carbocycles. The van der Waals surface area contributed by atoms with Crippen molar-refractivity contribution in [3.05, 3.63) is 101 Å². The van der Waals surface area contributed by atoms with E-state index in [1.54, 1.807) is 24.9 Å². The minimum absolute atomic E-state index is 0.279. The molecular formula is C32H33NO6S. The maximum Gasteiger partial charge on any atom is 0.326 e. The fourth-order valence-corrected chi connectivity index (χ4v) is 4.83. The summed E-state index contributed by atoms with van der Waals surface area (Å²) in [5.74, 6) is 1.35. The van der Waals surface area contributed by atoms with Gasteiger partial charge in [-0.3, -0.25) is 4.79 Å². The van der Waals surface area contributed by atoms with Gasteiger partial charge in [-0.05, 0) is 84.0 Å². The smallest absolute Gasteiger partial charge is 0.326 e. The summed E-state index contributed by atoms with van der Waals surface area (Å²) in [5.41, 5.74) is 4.85. The molecule has 0 aliphatic carbocycles. The van der Waals surface area contributed by atoms with Gasteiger partial charge < -0.3 is 24.3 Å². The van der Waals surface area contributed by atoms with Gasteiger partial charge in [0.2, 0.25) is 0 Å². The van der Waals surface area contributed by atoms with Gasteiger partial charge in [-0.1, -0.05) is 42.5 Å². The van der Waals surface area contributed by atoms with Crippen molar-refractivity contribution in [3.63, 3.8) is 0 Å². The van der Waals surface area contributed by atoms with Crippen molar-refractivity contribution in [1.29, 1.82) is 0 Å². The van der Waals surface area contributed by atoms with E-state index in [4.69, 9.17) is 13.9 Å². The van der Waals surface area contributed by atoms with Gasteiger partial charge in [-0.15, -0.1) is 0 Å². The van der Waals surface area contributed by atoms with E-state index in [-0.39, 0.29) is 6.61 Å². The minimum Gasteiger partial charge on any atom is -0.497 e. The number of hydrogen-bond donors (Lipinski definition) is 2. The van der Waals surface area contributed by atoms with Crippen LogP contribution in [0.1, 0.15) is 33.7 Å². The van der Waals surface area contributed by atoms with E-state index in [1.807, 2.05) is 86.0 Å². The molecule has 4 rings (SSSR count). The van der Waals surface area contributed by atoms with Gasteiger partial charge in [0.05, 0.1) is 13.7 Å². The van der Waals surface area contributed by atoms with Gasteiger partial charge in [-0.25, -0.2) is 4.79 Å². The van der Waals surface area contributed by atoms with Gasteiger partial charge in [0.1, 0.15) is 29.9 Å². The number of carboxylic acid groups (broad SMARTS) is 1. The number of benzene rings is 3. The van der Waals surface area contributed by atoms with Crippen LogP contribution in [0.3, 0.4) is 0 Å². The summed E-state index contributed by atoms with van der Waals surface area (Å²) >= 11 is 1.54. The Labute approximate surface area is 238 Å². The van der Waals surface area contributed by atoms with Gasteiger partial charge in [0, 0.05) is 11.1 Å². The van der Waals surface area contributed by atoms with Gasteiger partial charge in [0.15, 0.2) is 0 Å². The number of carbonyl (C=O) groups excluding carboxylic acids is 1. The molecule has 1 atom stereocenters. The number of carbonyl (C=O) groups is 2. The highest BCUT2D eigenvalue weighted by Gasteiger charge is 2.22. The van der Waals surface area contributed by atoms with Crippen LogP contribution < -0.4 is 10.1 Å². The molecule has 7 nitrogen and oxygen atoms in total. The summed E-state index contributed by atoms with van der Waals surface area (Å²) in [5, 5.41) is 12.3. The number of nitrogens with one attached hydrogen (secondary N) is 1. The standard InChI is InChI=1S/C32H33NO6S/c1-21-7-4-5-10-26(21)28-17-22(11-13-27(28)31(34)33-29(32(35)36)15-16-40-3)19-38-20-25-12-14-30(39-25)23-8-6-9-24(18-23)37-2/h4-14,17-18,29H,15-16,19-20H2,1-3H3,(H,33,34)(H,35,36)/t29-/m0/s1. The monoisotopic (exact) mass is 559 g/mol. The number of methoxy groups -OCH3 is 1. The maximum atomic E-state index is 13.3. The quantitative estimate of drug-likeness (QED) is 0.191. The molecule has 2 N–H and O–H groups in total. The Morgan fingerprint density at radius 1 is 0.975 bits per heavy atom. The number of aryl methyl sites for hydroxylation is 1. The molecule has 0 radical (unpaired) electrons. The van der Waals surface area contributed by atoms with Crippen LogP contribution in [0.4, 0.5) is 0 Å². The zero-order valence-corrected chi connectivity index (χ0v) is 23.6. The molecule has 0 fully saturated rings. The number of hydrogen-bond acceptors (Lipinski definition) is 6. The third-order valence-electron chi connectivity index (χ3n) is 6.51. The molecule has 0 spiro atoms. The molecule has 208 valence electrons. The van der Waals surface area contributed by atoms with Crippen molar-refractivity contribution in [2.45, 2.75) is 32.6 Å². The van der Waals surface area contributed by atoms with Gasteiger partial charge in [0.25, 0.3) is 5.91 Å². The van der Waals surface area contributed by atoms with E-state index in [0.717, 1.165) is 39.3 Å². The van der Waals surface area contributed by atoms with E-state index in [9.17, 15) is 14.7 Å². The number of aliphatic carboxylic acids is 1. The third-order valence-corrected chi connectivity index (χ3v) is 7.15. The van der Waals surface area contributed by atoms with Gasteiger partial charge in [-0.2, -0.15) is 11.8 Å². The molecular weight excluding hydrogens is 526 g/mol. The van der Waals surface area contributed by atoms with E-state index in [0.29, 0.717) is 30.1 Å². The average Bonchev–Trinajstić information content (AvgIpc) is 3.44. The number of ether oxygens (including phenoxy) is 2. The Balaban J connectivity index is 1.50. The molecule has 0 bridgehead atoms. The first kappa shape index (κ1) is 29.0. The molecule has 1 amide bonds. The summed E-state index contributed by atoms with van der Waals surface area (Å²) in [7, 11) is 1.63. The largest absolute Gasteiger partial charge is 0.497 e. The predicted octanol–water partition coefficient (Wildman–Crippen LogP) is 6.58. The Bertz CT molecular complexity index is 1460. The number of thioether (sulfide) groups is 1. The van der Waals surface area contributed by atoms with Crippen LogP contribution >= 0.6 is 11.8 Å². The first-order valence-corrected chi connectivity index (χ1v) is 14.3. The summed E-state index contributed by atoms with van der Waals surface area (Å²) < 4.78 is 17.2. The second kappa shape index (κ2) is 13.9. The summed E-state index contributed by atoms with van der Waals surface area (Å²) in [6.07, 6.45) is 2.25. The predicted molar refractivity (Wildman–Crippen MR) is 158 cm³/mol. The molecule has 40 heavy (non-hydrogen) atoms. The zero-order valence-electron chi connectivity index (χ0n) is 22.8. The molecule has 0 aliphatic rings. The van der Waals surface area contributed by atoms with Crippen molar-refractivity contribution in [3.8, 4) is 28.2 Å². The molecule has 4 aromatic rings. The first-order chi connectivity index (χ1) is 19.4. The summed E-state index contributed by atoms with van der Waals surface area (Å²) in [6, 6.07) is 23.8. The number of rotatable bonds is 13. The first-order valence-electron chi connectivity index (χ1n) is 12.9. The summed E-state index contributed by atoms with van der Waals surface area (Å²) in [4.78, 5) is 25.0. The highest BCUT2D eigenvalue weighted by Crippen LogP contribution is 2.29. The van der Waals surface area contributed by atoms with Crippen LogP contribution in [-0.2, 0) is 22.7 Å². The molecule has 3 aromatic carbocycles.